The van der Waals surface area contributed by atoms with Crippen LogP contribution in [0.5, 0.6) is 0 Å². The second kappa shape index (κ2) is 6.17. The zero-order valence-corrected chi connectivity index (χ0v) is 12.4. The fourth-order valence-corrected chi connectivity index (χ4v) is 2.19. The highest BCUT2D eigenvalue weighted by Crippen LogP contribution is 2.26. The first-order chi connectivity index (χ1) is 10.8. The highest BCUT2D eigenvalue weighted by atomic mass is 15.5. The highest BCUT2D eigenvalue weighted by Gasteiger charge is 2.05. The van der Waals surface area contributed by atoms with Gasteiger partial charge in [0.1, 0.15) is 12.1 Å². The average molecular weight is 294 g/mol. The summed E-state index contributed by atoms with van der Waals surface area (Å²) < 4.78 is 0. The van der Waals surface area contributed by atoms with Crippen molar-refractivity contribution < 1.29 is 0 Å². The van der Waals surface area contributed by atoms with Crippen LogP contribution in [0.1, 0.15) is 5.56 Å². The maximum atomic E-state index is 4.35. The highest BCUT2D eigenvalue weighted by molar-refractivity contribution is 5.92. The molecule has 0 amide bonds. The number of aromatic nitrogens is 2. The van der Waals surface area contributed by atoms with Crippen LogP contribution in [0.15, 0.2) is 59.1 Å². The zero-order chi connectivity index (χ0) is 15.4. The second-order valence-electron chi connectivity index (χ2n) is 4.86. The lowest BCUT2D eigenvalue weighted by atomic mass is 10.2. The first-order valence-electron chi connectivity index (χ1n) is 6.89. The lowest BCUT2D eigenvalue weighted by Gasteiger charge is -2.10. The predicted octanol–water partition coefficient (Wildman–Crippen LogP) is 4.09. The van der Waals surface area contributed by atoms with Crippen molar-refractivity contribution in [2.75, 3.05) is 17.8 Å². The van der Waals surface area contributed by atoms with Gasteiger partial charge in [0.15, 0.2) is 0 Å². The second-order valence-corrected chi connectivity index (χ2v) is 4.86. The van der Waals surface area contributed by atoms with Crippen LogP contribution in [0.4, 0.5) is 17.2 Å². The quantitative estimate of drug-likeness (QED) is 0.561. The van der Waals surface area contributed by atoms with Gasteiger partial charge in [0.25, 0.3) is 0 Å². The summed E-state index contributed by atoms with van der Waals surface area (Å²) in [6, 6.07) is 13.9. The number of rotatable bonds is 4. The smallest absolute Gasteiger partial charge is 0.141 e. The minimum atomic E-state index is 0.757. The average Bonchev–Trinajstić information content (AvgIpc) is 2.53. The van der Waals surface area contributed by atoms with E-state index < -0.39 is 0 Å². The number of hydrogen-bond acceptors (Lipinski definition) is 5. The van der Waals surface area contributed by atoms with E-state index in [1.54, 1.807) is 13.4 Å². The third-order valence-corrected chi connectivity index (χ3v) is 3.20. The Bertz CT molecular complexity index is 828. The van der Waals surface area contributed by atoms with Gasteiger partial charge in [-0.2, -0.15) is 5.11 Å². The van der Waals surface area contributed by atoms with Gasteiger partial charge < -0.3 is 5.32 Å². The number of benzene rings is 2. The van der Waals surface area contributed by atoms with Crippen LogP contribution in [-0.4, -0.2) is 17.0 Å². The fourth-order valence-electron chi connectivity index (χ4n) is 2.19. The molecule has 22 heavy (non-hydrogen) atoms. The number of hydrogen-bond donors (Lipinski definition) is 2. The normalized spacial score (nSPS) is 11.0. The molecule has 0 aliphatic heterocycles. The van der Waals surface area contributed by atoms with E-state index in [-0.39, 0.29) is 0 Å². The number of nitrogens with zero attached hydrogens (tertiary/aromatic N) is 4. The van der Waals surface area contributed by atoms with Crippen LogP contribution in [0.2, 0.25) is 0 Å². The Morgan fingerprint density at radius 3 is 2.77 bits per heavy atom. The summed E-state index contributed by atoms with van der Waals surface area (Å²) in [5.41, 5.74) is 6.74. The van der Waals surface area contributed by atoms with Gasteiger partial charge in [0.05, 0.1) is 18.3 Å². The van der Waals surface area contributed by atoms with Gasteiger partial charge in [-0.1, -0.05) is 17.4 Å². The molecule has 110 valence electrons. The summed E-state index contributed by atoms with van der Waals surface area (Å²) in [7, 11) is 1.61. The molecule has 3 aromatic rings. The van der Waals surface area contributed by atoms with E-state index in [2.05, 4.69) is 50.1 Å². The van der Waals surface area contributed by atoms with Gasteiger partial charge in [0, 0.05) is 11.1 Å². The van der Waals surface area contributed by atoms with Crippen molar-refractivity contribution >= 4 is 28.1 Å². The van der Waals surface area contributed by atoms with Gasteiger partial charge in [-0.25, -0.2) is 9.97 Å². The first kappa shape index (κ1) is 13.9. The summed E-state index contributed by atoms with van der Waals surface area (Å²) in [5, 5.41) is 11.7. The summed E-state index contributed by atoms with van der Waals surface area (Å²) in [6.07, 6.45) is 1.55. The Kier molecular flexibility index (Phi) is 3.91. The molecule has 0 saturated heterocycles. The molecule has 0 aliphatic rings. The maximum absolute atomic E-state index is 4.35. The van der Waals surface area contributed by atoms with Crippen molar-refractivity contribution in [3.8, 4) is 0 Å². The van der Waals surface area contributed by atoms with Crippen molar-refractivity contribution in [1.82, 2.24) is 9.97 Å². The van der Waals surface area contributed by atoms with Crippen LogP contribution < -0.4 is 10.7 Å². The molecule has 2 N–H and O–H groups in total. The summed E-state index contributed by atoms with van der Waals surface area (Å²) >= 11 is 0. The van der Waals surface area contributed by atoms with Crippen molar-refractivity contribution in [3.63, 3.8) is 0 Å². The first-order valence-corrected chi connectivity index (χ1v) is 6.89. The van der Waals surface area contributed by atoms with Crippen LogP contribution in [0, 0.1) is 6.92 Å². The SMILES string of the molecule is Cc1cccc(Nc2ncnc3ccc(NN=N[14CH3])cc23)c1. The Labute approximate surface area is 128 Å². The van der Waals surface area contributed by atoms with E-state index in [9.17, 15) is 0 Å². The monoisotopic (exact) mass is 294 g/mol. The topological polar surface area (TPSA) is 74.6 Å². The molecule has 3 rings (SSSR count). The number of nitrogens with one attached hydrogen (secondary N) is 2. The molecule has 6 nitrogen and oxygen atoms in total. The Morgan fingerprint density at radius 1 is 1.05 bits per heavy atom. The van der Waals surface area contributed by atoms with E-state index in [4.69, 9.17) is 0 Å². The van der Waals surface area contributed by atoms with Crippen molar-refractivity contribution in [1.29, 1.82) is 0 Å². The maximum Gasteiger partial charge on any atom is 0.141 e. The Morgan fingerprint density at radius 2 is 1.95 bits per heavy atom. The lowest BCUT2D eigenvalue weighted by molar-refractivity contribution is 1.08. The van der Waals surface area contributed by atoms with Gasteiger partial charge in [-0.15, -0.1) is 0 Å². The van der Waals surface area contributed by atoms with E-state index in [1.165, 1.54) is 5.56 Å². The molecule has 1 heterocycles. The molecule has 0 aliphatic carbocycles. The van der Waals surface area contributed by atoms with Gasteiger partial charge in [0.2, 0.25) is 0 Å². The fraction of sp³-hybridized carbons (Fsp3) is 0.125. The van der Waals surface area contributed by atoms with Crippen LogP contribution in [0.25, 0.3) is 10.9 Å². The molecule has 0 atom stereocenters. The van der Waals surface area contributed by atoms with E-state index in [1.807, 2.05) is 30.3 Å². The molecular weight excluding hydrogens is 278 g/mol. The summed E-state index contributed by atoms with van der Waals surface area (Å²) in [6.45, 7) is 2.06. The van der Waals surface area contributed by atoms with E-state index in [0.29, 0.717) is 0 Å². The molecule has 2 aromatic carbocycles. The molecule has 0 radical (unpaired) electrons. The van der Waals surface area contributed by atoms with Gasteiger partial charge >= 0.3 is 0 Å². The lowest BCUT2D eigenvalue weighted by Crippen LogP contribution is -1.97. The van der Waals surface area contributed by atoms with Gasteiger partial charge in [-0.3, -0.25) is 5.43 Å². The molecule has 0 spiro atoms. The van der Waals surface area contributed by atoms with Crippen molar-refractivity contribution in [2.24, 2.45) is 10.3 Å². The van der Waals surface area contributed by atoms with E-state index >= 15 is 0 Å². The van der Waals surface area contributed by atoms with Crippen LogP contribution >= 0.6 is 0 Å². The molecule has 6 heteroatoms. The largest absolute Gasteiger partial charge is 0.340 e. The third-order valence-electron chi connectivity index (χ3n) is 3.20. The molecule has 0 bridgehead atoms. The zero-order valence-electron chi connectivity index (χ0n) is 12.4. The molecule has 0 fully saturated rings. The van der Waals surface area contributed by atoms with Crippen molar-refractivity contribution in [3.05, 3.63) is 54.4 Å². The number of anilines is 3. The molecule has 0 saturated carbocycles. The number of aryl methyl sites for hydroxylation is 1. The molecule has 1 aromatic heterocycles. The van der Waals surface area contributed by atoms with Crippen LogP contribution in [0.3, 0.4) is 0 Å². The van der Waals surface area contributed by atoms with E-state index in [0.717, 1.165) is 28.1 Å². The summed E-state index contributed by atoms with van der Waals surface area (Å²) in [4.78, 5) is 8.64. The Balaban J connectivity index is 2.00. The minimum Gasteiger partial charge on any atom is -0.340 e. The third kappa shape index (κ3) is 3.01. The number of fused-ring (bicyclic) bond motifs is 1. The van der Waals surface area contributed by atoms with Crippen LogP contribution in [-0.2, 0) is 0 Å². The molecular formula is C16H16N6. The summed E-state index contributed by atoms with van der Waals surface area (Å²) in [5.74, 6) is 0.757. The molecule has 0 unspecified atom stereocenters. The minimum absolute atomic E-state index is 0.757. The van der Waals surface area contributed by atoms with Gasteiger partial charge in [-0.05, 0) is 42.8 Å². The standard InChI is InChI=1S/C16H16N6/c1-11-4-3-5-12(8-11)20-16-14-9-13(21-22-17-2)6-7-15(14)18-10-19-16/h3-10H,1-2H3,(H,17,21)(H,18,19,20)/i2+2. The Hall–Kier alpha value is -3.02. The van der Waals surface area contributed by atoms with Crippen molar-refractivity contribution in [2.45, 2.75) is 6.92 Å². The predicted molar refractivity (Wildman–Crippen MR) is 88.4 cm³/mol.